The topological polar surface area (TPSA) is 38.3 Å². The second-order valence-corrected chi connectivity index (χ2v) is 4.94. The number of ether oxygens (including phenoxy) is 1. The molecule has 0 bridgehead atoms. The summed E-state index contributed by atoms with van der Waals surface area (Å²) in [6, 6.07) is 15.3. The lowest BCUT2D eigenvalue weighted by molar-refractivity contribution is 0.203. The summed E-state index contributed by atoms with van der Waals surface area (Å²) in [6.45, 7) is 2.11. The van der Waals surface area contributed by atoms with E-state index < -0.39 is 6.09 Å². The molecule has 0 atom stereocenters. The van der Waals surface area contributed by atoms with E-state index in [0.717, 1.165) is 22.6 Å². The largest absolute Gasteiger partial charge is 0.412 e. The first-order chi connectivity index (χ1) is 10.1. The molecule has 0 aliphatic heterocycles. The summed E-state index contributed by atoms with van der Waals surface area (Å²) in [6.07, 6.45) is 0.428. The smallest absolute Gasteiger partial charge is 0.410 e. The molecule has 109 valence electrons. The fourth-order valence-electron chi connectivity index (χ4n) is 2.11. The van der Waals surface area contributed by atoms with Crippen molar-refractivity contribution in [1.82, 2.24) is 5.32 Å². The molecule has 2 rings (SSSR count). The zero-order chi connectivity index (χ0) is 15.2. The van der Waals surface area contributed by atoms with E-state index in [2.05, 4.69) is 12.2 Å². The average molecular weight is 303 g/mol. The van der Waals surface area contributed by atoms with Crippen LogP contribution in [-0.2, 0) is 0 Å². The molecule has 0 spiro atoms. The molecule has 2 aromatic carbocycles. The molecule has 21 heavy (non-hydrogen) atoms. The van der Waals surface area contributed by atoms with Crippen LogP contribution in [0.1, 0.15) is 24.5 Å². The number of hydrogen-bond acceptors (Lipinski definition) is 2. The predicted octanol–water partition coefficient (Wildman–Crippen LogP) is 4.44. The first kappa shape index (κ1) is 15.4. The molecule has 0 aromatic heterocycles. The Hall–Kier alpha value is -2.00. The molecule has 0 saturated heterocycles. The molecule has 0 fully saturated rings. The zero-order valence-corrected chi connectivity index (χ0v) is 12.8. The van der Waals surface area contributed by atoms with Crippen molar-refractivity contribution in [1.29, 1.82) is 0 Å². The Labute approximate surface area is 129 Å². The van der Waals surface area contributed by atoms with Gasteiger partial charge >= 0.3 is 6.09 Å². The van der Waals surface area contributed by atoms with Crippen LogP contribution < -0.4 is 10.1 Å². The van der Waals surface area contributed by atoms with Gasteiger partial charge in [0, 0.05) is 18.0 Å². The zero-order valence-electron chi connectivity index (χ0n) is 12.0. The Balaban J connectivity index is 2.19. The maximum atomic E-state index is 11.2. The molecule has 1 N–H and O–H groups in total. The molecular weight excluding hydrogens is 286 g/mol. The Morgan fingerprint density at radius 2 is 1.57 bits per heavy atom. The fraction of sp³-hybridized carbons (Fsp3) is 0.176. The lowest BCUT2D eigenvalue weighted by atomic mass is 9.89. The second kappa shape index (κ2) is 7.14. The minimum absolute atomic E-state index is 0.472. The normalized spacial score (nSPS) is 10.5. The van der Waals surface area contributed by atoms with Gasteiger partial charge < -0.3 is 10.1 Å². The second-order valence-electron chi connectivity index (χ2n) is 4.50. The third-order valence-corrected chi connectivity index (χ3v) is 3.42. The van der Waals surface area contributed by atoms with Crippen LogP contribution in [0.2, 0.25) is 5.02 Å². The number of carbonyl (C=O) groups excluding carboxylic acids is 1. The van der Waals surface area contributed by atoms with Gasteiger partial charge in [0.15, 0.2) is 0 Å². The van der Waals surface area contributed by atoms with E-state index in [1.165, 1.54) is 13.0 Å². The van der Waals surface area contributed by atoms with Crippen LogP contribution in [0.15, 0.2) is 48.5 Å². The highest BCUT2D eigenvalue weighted by atomic mass is 35.5. The molecule has 0 saturated carbocycles. The summed E-state index contributed by atoms with van der Waals surface area (Å²) in [5.41, 5.74) is 2.24. The summed E-state index contributed by atoms with van der Waals surface area (Å²) < 4.78 is 5.08. The van der Waals surface area contributed by atoms with Crippen LogP contribution in [0.25, 0.3) is 0 Å². The van der Waals surface area contributed by atoms with Crippen LogP contribution in [0.3, 0.4) is 0 Å². The fourth-order valence-corrected chi connectivity index (χ4v) is 2.23. The Morgan fingerprint density at radius 1 is 1.05 bits per heavy atom. The highest BCUT2D eigenvalue weighted by molar-refractivity contribution is 6.30. The van der Waals surface area contributed by atoms with Gasteiger partial charge in [-0.3, -0.25) is 0 Å². The quantitative estimate of drug-likeness (QED) is 0.906. The van der Waals surface area contributed by atoms with Crippen LogP contribution in [0.4, 0.5) is 4.79 Å². The van der Waals surface area contributed by atoms with E-state index >= 15 is 0 Å². The van der Waals surface area contributed by atoms with E-state index in [9.17, 15) is 4.79 Å². The number of nitrogens with one attached hydrogen (secondary N) is 1. The summed E-state index contributed by atoms with van der Waals surface area (Å²) in [7, 11) is 1.53. The first-order valence-electron chi connectivity index (χ1n) is 6.75. The van der Waals surface area contributed by atoms with E-state index in [4.69, 9.17) is 16.3 Å². The standard InChI is InChI=1S/C17H17ClNO2/c1-3-16(12-4-8-14(18)9-5-12)13-6-10-15(11-7-13)21-17(20)19-2/h4-11H,3H2,1-2H3,(H,19,20). The molecular formula is C17H17ClNO2. The van der Waals surface area contributed by atoms with Crippen molar-refractivity contribution in [3.63, 3.8) is 0 Å². The van der Waals surface area contributed by atoms with Crippen molar-refractivity contribution in [3.05, 3.63) is 70.6 Å². The van der Waals surface area contributed by atoms with Crippen LogP contribution in [0, 0.1) is 5.92 Å². The SMILES string of the molecule is CC[C](c1ccc(Cl)cc1)c1ccc(OC(=O)NC)cc1. The summed E-state index contributed by atoms with van der Waals surface area (Å²) >= 11 is 5.92. The minimum Gasteiger partial charge on any atom is -0.410 e. The monoisotopic (exact) mass is 302 g/mol. The van der Waals surface area contributed by atoms with Gasteiger partial charge in [0.05, 0.1) is 0 Å². The third kappa shape index (κ3) is 3.99. The van der Waals surface area contributed by atoms with E-state index in [1.807, 2.05) is 36.4 Å². The third-order valence-electron chi connectivity index (χ3n) is 3.16. The summed E-state index contributed by atoms with van der Waals surface area (Å²) in [5, 5.41) is 3.14. The Bertz CT molecular complexity index is 593. The molecule has 4 heteroatoms. The van der Waals surface area contributed by atoms with Crippen LogP contribution >= 0.6 is 11.6 Å². The van der Waals surface area contributed by atoms with Crippen molar-refractivity contribution >= 4 is 17.7 Å². The number of benzene rings is 2. The van der Waals surface area contributed by atoms with Gasteiger partial charge in [-0.2, -0.15) is 0 Å². The van der Waals surface area contributed by atoms with Gasteiger partial charge in [-0.05, 0) is 41.8 Å². The number of carbonyl (C=O) groups is 1. The Kier molecular flexibility index (Phi) is 5.23. The van der Waals surface area contributed by atoms with E-state index in [-0.39, 0.29) is 0 Å². The first-order valence-corrected chi connectivity index (χ1v) is 7.13. The highest BCUT2D eigenvalue weighted by Crippen LogP contribution is 2.29. The van der Waals surface area contributed by atoms with Crippen molar-refractivity contribution in [2.45, 2.75) is 13.3 Å². The lowest BCUT2D eigenvalue weighted by Gasteiger charge is -2.15. The molecule has 0 heterocycles. The van der Waals surface area contributed by atoms with Crippen LogP contribution in [0.5, 0.6) is 5.75 Å². The molecule has 0 aliphatic rings. The lowest BCUT2D eigenvalue weighted by Crippen LogP contribution is -2.21. The van der Waals surface area contributed by atoms with Gasteiger partial charge in [-0.25, -0.2) is 4.79 Å². The van der Waals surface area contributed by atoms with Gasteiger partial charge in [-0.15, -0.1) is 0 Å². The number of rotatable bonds is 4. The van der Waals surface area contributed by atoms with Crippen LogP contribution in [-0.4, -0.2) is 13.1 Å². The molecule has 3 nitrogen and oxygen atoms in total. The minimum atomic E-state index is -0.472. The Morgan fingerprint density at radius 3 is 2.05 bits per heavy atom. The van der Waals surface area contributed by atoms with Gasteiger partial charge in [0.2, 0.25) is 0 Å². The number of halogens is 1. The van der Waals surface area contributed by atoms with Crippen molar-refractivity contribution in [2.75, 3.05) is 7.05 Å². The molecule has 0 unspecified atom stereocenters. The van der Waals surface area contributed by atoms with Gasteiger partial charge in [-0.1, -0.05) is 42.8 Å². The molecule has 2 aromatic rings. The molecule has 1 amide bonds. The van der Waals surface area contributed by atoms with Crippen molar-refractivity contribution in [3.8, 4) is 5.75 Å². The maximum absolute atomic E-state index is 11.2. The summed E-state index contributed by atoms with van der Waals surface area (Å²) in [5.74, 6) is 1.74. The number of hydrogen-bond donors (Lipinski definition) is 1. The van der Waals surface area contributed by atoms with E-state index in [1.54, 1.807) is 12.1 Å². The van der Waals surface area contributed by atoms with Gasteiger partial charge in [0.25, 0.3) is 0 Å². The predicted molar refractivity (Wildman–Crippen MR) is 84.7 cm³/mol. The van der Waals surface area contributed by atoms with E-state index in [0.29, 0.717) is 5.75 Å². The highest BCUT2D eigenvalue weighted by Gasteiger charge is 2.13. The molecule has 0 aliphatic carbocycles. The van der Waals surface area contributed by atoms with Crippen molar-refractivity contribution in [2.24, 2.45) is 0 Å². The van der Waals surface area contributed by atoms with Crippen molar-refractivity contribution < 1.29 is 9.53 Å². The summed E-state index contributed by atoms with van der Waals surface area (Å²) in [4.78, 5) is 11.2. The molecule has 1 radical (unpaired) electrons. The maximum Gasteiger partial charge on any atom is 0.412 e. The van der Waals surface area contributed by atoms with Gasteiger partial charge in [0.1, 0.15) is 5.75 Å². The number of amides is 1. The average Bonchev–Trinajstić information content (AvgIpc) is 2.51.